The van der Waals surface area contributed by atoms with E-state index in [1.54, 1.807) is 0 Å². The molecule has 1 heterocycles. The smallest absolute Gasteiger partial charge is 0.243 e. The summed E-state index contributed by atoms with van der Waals surface area (Å²) in [6, 6.07) is 11.1. The molecule has 1 amide bonds. The first-order chi connectivity index (χ1) is 14.0. The van der Waals surface area contributed by atoms with E-state index in [1.165, 1.54) is 10.4 Å². The number of sulfonamides is 1. The van der Waals surface area contributed by atoms with Crippen molar-refractivity contribution in [2.45, 2.75) is 43.9 Å². The van der Waals surface area contributed by atoms with E-state index in [0.29, 0.717) is 12.8 Å². The molecular formula is C22H26ClFN2O3S. The fourth-order valence-electron chi connectivity index (χ4n) is 3.63. The summed E-state index contributed by atoms with van der Waals surface area (Å²) in [6.07, 6.45) is 0.829. The number of benzene rings is 2. The van der Waals surface area contributed by atoms with Crippen molar-refractivity contribution in [1.82, 2.24) is 4.31 Å². The van der Waals surface area contributed by atoms with Crippen LogP contribution in [0.15, 0.2) is 47.4 Å². The first-order valence-electron chi connectivity index (χ1n) is 9.86. The summed E-state index contributed by atoms with van der Waals surface area (Å²) < 4.78 is 40.3. The Morgan fingerprint density at radius 3 is 2.37 bits per heavy atom. The van der Waals surface area contributed by atoms with E-state index >= 15 is 0 Å². The average Bonchev–Trinajstić information content (AvgIpc) is 2.69. The Bertz CT molecular complexity index is 1040. The molecule has 2 aromatic rings. The topological polar surface area (TPSA) is 66.5 Å². The zero-order chi connectivity index (χ0) is 22.1. The van der Waals surface area contributed by atoms with Crippen LogP contribution in [-0.4, -0.2) is 31.7 Å². The minimum Gasteiger partial charge on any atom is -0.326 e. The molecule has 5 nitrogen and oxygen atoms in total. The van der Waals surface area contributed by atoms with E-state index in [9.17, 15) is 17.6 Å². The third-order valence-corrected chi connectivity index (χ3v) is 7.53. The molecule has 0 radical (unpaired) electrons. The van der Waals surface area contributed by atoms with E-state index in [4.69, 9.17) is 11.6 Å². The predicted octanol–water partition coefficient (Wildman–Crippen LogP) is 4.82. The summed E-state index contributed by atoms with van der Waals surface area (Å²) in [7, 11) is -3.78. The van der Waals surface area contributed by atoms with Crippen molar-refractivity contribution in [3.63, 3.8) is 0 Å². The molecule has 1 N–H and O–H groups in total. The van der Waals surface area contributed by atoms with Crippen molar-refractivity contribution in [2.24, 2.45) is 5.92 Å². The number of rotatable bonds is 4. The molecule has 1 aliphatic rings. The zero-order valence-electron chi connectivity index (χ0n) is 17.3. The molecule has 0 unspecified atom stereocenters. The number of para-hydroxylation sites is 1. The molecule has 1 fully saturated rings. The Hall–Kier alpha value is -1.96. The van der Waals surface area contributed by atoms with Gasteiger partial charge in [-0.05, 0) is 48.1 Å². The second kappa shape index (κ2) is 8.65. The van der Waals surface area contributed by atoms with Crippen molar-refractivity contribution >= 4 is 33.2 Å². The van der Waals surface area contributed by atoms with E-state index in [0.717, 1.165) is 23.4 Å². The van der Waals surface area contributed by atoms with Crippen molar-refractivity contribution < 1.29 is 17.6 Å². The van der Waals surface area contributed by atoms with Gasteiger partial charge in [0.05, 0.1) is 9.92 Å². The molecule has 3 rings (SSSR count). The number of anilines is 1. The number of halogens is 2. The molecule has 0 saturated carbocycles. The average molecular weight is 453 g/mol. The van der Waals surface area contributed by atoms with Gasteiger partial charge in [0.2, 0.25) is 15.9 Å². The van der Waals surface area contributed by atoms with E-state index < -0.39 is 15.8 Å². The van der Waals surface area contributed by atoms with Crippen molar-refractivity contribution in [1.29, 1.82) is 0 Å². The molecule has 8 heteroatoms. The molecular weight excluding hydrogens is 427 g/mol. The predicted molar refractivity (Wildman–Crippen MR) is 117 cm³/mol. The summed E-state index contributed by atoms with van der Waals surface area (Å²) in [5.41, 5.74) is 1.72. The Labute approximate surface area is 182 Å². The maximum atomic E-state index is 13.4. The van der Waals surface area contributed by atoms with E-state index in [1.807, 2.05) is 24.3 Å². The van der Waals surface area contributed by atoms with Crippen LogP contribution >= 0.6 is 11.6 Å². The lowest BCUT2D eigenvalue weighted by Crippen LogP contribution is -2.41. The number of carbonyl (C=O) groups is 1. The van der Waals surface area contributed by atoms with Gasteiger partial charge in [-0.3, -0.25) is 4.79 Å². The maximum Gasteiger partial charge on any atom is 0.243 e. The van der Waals surface area contributed by atoms with Gasteiger partial charge in [0, 0.05) is 24.7 Å². The van der Waals surface area contributed by atoms with Crippen molar-refractivity contribution in [3.05, 3.63) is 58.9 Å². The quantitative estimate of drug-likeness (QED) is 0.723. The zero-order valence-corrected chi connectivity index (χ0v) is 18.9. The van der Waals surface area contributed by atoms with Gasteiger partial charge in [-0.2, -0.15) is 4.31 Å². The van der Waals surface area contributed by atoms with Crippen LogP contribution in [0.25, 0.3) is 0 Å². The van der Waals surface area contributed by atoms with Crippen LogP contribution < -0.4 is 5.32 Å². The van der Waals surface area contributed by atoms with Crippen LogP contribution in [0, 0.1) is 11.7 Å². The van der Waals surface area contributed by atoms with Crippen LogP contribution in [0.3, 0.4) is 0 Å². The fourth-order valence-corrected chi connectivity index (χ4v) is 5.37. The van der Waals surface area contributed by atoms with Crippen molar-refractivity contribution in [2.75, 3.05) is 18.4 Å². The SMILES string of the molecule is CC(C)(C)c1ccccc1NC(=O)C1CCN(S(=O)(=O)c2ccc(F)c(Cl)c2)CC1. The highest BCUT2D eigenvalue weighted by molar-refractivity contribution is 7.89. The number of hydrogen-bond donors (Lipinski definition) is 1. The second-order valence-electron chi connectivity index (χ2n) is 8.54. The van der Waals surface area contributed by atoms with Gasteiger partial charge in [-0.25, -0.2) is 12.8 Å². The maximum absolute atomic E-state index is 13.4. The van der Waals surface area contributed by atoms with Gasteiger partial charge in [0.1, 0.15) is 5.82 Å². The number of piperidine rings is 1. The Balaban J connectivity index is 1.67. The molecule has 1 saturated heterocycles. The van der Waals surface area contributed by atoms with Gasteiger partial charge in [0.25, 0.3) is 0 Å². The highest BCUT2D eigenvalue weighted by Crippen LogP contribution is 2.31. The Kier molecular flexibility index (Phi) is 6.55. The van der Waals surface area contributed by atoms with Crippen LogP contribution in [0.1, 0.15) is 39.2 Å². The van der Waals surface area contributed by atoms with Gasteiger partial charge in [0.15, 0.2) is 0 Å². The third kappa shape index (κ3) is 4.85. The summed E-state index contributed by atoms with van der Waals surface area (Å²) >= 11 is 5.73. The van der Waals surface area contributed by atoms with Crippen LogP contribution in [-0.2, 0) is 20.2 Å². The van der Waals surface area contributed by atoms with Crippen molar-refractivity contribution in [3.8, 4) is 0 Å². The first-order valence-corrected chi connectivity index (χ1v) is 11.7. The summed E-state index contributed by atoms with van der Waals surface area (Å²) in [6.45, 7) is 6.70. The Morgan fingerprint density at radius 1 is 1.13 bits per heavy atom. The highest BCUT2D eigenvalue weighted by atomic mass is 35.5. The second-order valence-corrected chi connectivity index (χ2v) is 10.9. The number of carbonyl (C=O) groups excluding carboxylic acids is 1. The lowest BCUT2D eigenvalue weighted by Gasteiger charge is -2.31. The minimum atomic E-state index is -3.78. The Morgan fingerprint density at radius 2 is 1.77 bits per heavy atom. The number of hydrogen-bond acceptors (Lipinski definition) is 3. The van der Waals surface area contributed by atoms with Gasteiger partial charge in [-0.15, -0.1) is 0 Å². The molecule has 30 heavy (non-hydrogen) atoms. The van der Waals surface area contributed by atoms with E-state index in [-0.39, 0.29) is 40.2 Å². The largest absolute Gasteiger partial charge is 0.326 e. The third-order valence-electron chi connectivity index (χ3n) is 5.35. The molecule has 0 bridgehead atoms. The lowest BCUT2D eigenvalue weighted by molar-refractivity contribution is -0.120. The molecule has 2 aromatic carbocycles. The summed E-state index contributed by atoms with van der Waals surface area (Å²) in [5, 5.41) is 2.79. The lowest BCUT2D eigenvalue weighted by atomic mass is 9.85. The molecule has 0 aliphatic carbocycles. The molecule has 0 atom stereocenters. The van der Waals surface area contributed by atoms with E-state index in [2.05, 4.69) is 26.1 Å². The van der Waals surface area contributed by atoms with Gasteiger partial charge >= 0.3 is 0 Å². The summed E-state index contributed by atoms with van der Waals surface area (Å²) in [4.78, 5) is 12.8. The standard InChI is InChI=1S/C22H26ClFN2O3S/c1-22(2,3)17-6-4-5-7-20(17)25-21(27)15-10-12-26(13-11-15)30(28,29)16-8-9-19(24)18(23)14-16/h4-9,14-15H,10-13H2,1-3H3,(H,25,27). The molecule has 0 aromatic heterocycles. The number of amides is 1. The monoisotopic (exact) mass is 452 g/mol. The number of nitrogens with zero attached hydrogens (tertiary/aromatic N) is 1. The first kappa shape index (κ1) is 22.7. The summed E-state index contributed by atoms with van der Waals surface area (Å²) in [5.74, 6) is -1.05. The molecule has 1 aliphatic heterocycles. The molecule has 162 valence electrons. The minimum absolute atomic E-state index is 0.0455. The normalized spacial score (nSPS) is 16.4. The fraction of sp³-hybridized carbons (Fsp3) is 0.409. The van der Waals surface area contributed by atoms with Crippen LogP contribution in [0.2, 0.25) is 5.02 Å². The number of nitrogens with one attached hydrogen (secondary N) is 1. The molecule has 0 spiro atoms. The van der Waals surface area contributed by atoms with Gasteiger partial charge < -0.3 is 5.32 Å². The highest BCUT2D eigenvalue weighted by Gasteiger charge is 2.33. The van der Waals surface area contributed by atoms with Crippen LogP contribution in [0.5, 0.6) is 0 Å². The van der Waals surface area contributed by atoms with Crippen LogP contribution in [0.4, 0.5) is 10.1 Å². The van der Waals surface area contributed by atoms with Gasteiger partial charge in [-0.1, -0.05) is 50.6 Å².